The van der Waals surface area contributed by atoms with Crippen molar-refractivity contribution in [2.45, 2.75) is 20.8 Å². The number of benzene rings is 2. The van der Waals surface area contributed by atoms with Crippen LogP contribution in [-0.4, -0.2) is 36.5 Å². The number of carbonyl (C=O) groups is 2. The van der Waals surface area contributed by atoms with E-state index in [0.29, 0.717) is 32.7 Å². The van der Waals surface area contributed by atoms with Crippen LogP contribution in [0.3, 0.4) is 0 Å². The second-order valence-electron chi connectivity index (χ2n) is 7.05. The summed E-state index contributed by atoms with van der Waals surface area (Å²) in [5, 5.41) is 3.70. The summed E-state index contributed by atoms with van der Waals surface area (Å²) in [6.45, 7) is 1.85. The van der Waals surface area contributed by atoms with Gasteiger partial charge in [-0.25, -0.2) is 4.98 Å². The zero-order valence-electron chi connectivity index (χ0n) is 18.1. The number of halogens is 3. The van der Waals surface area contributed by atoms with E-state index < -0.39 is 5.91 Å². The Hall–Kier alpha value is -2.93. The monoisotopic (exact) mass is 519 g/mol. The Morgan fingerprint density at radius 2 is 1.76 bits per heavy atom. The third kappa shape index (κ3) is 6.35. The normalized spacial score (nSPS) is 10.9. The van der Waals surface area contributed by atoms with Crippen molar-refractivity contribution < 1.29 is 14.3 Å². The summed E-state index contributed by atoms with van der Waals surface area (Å²) in [5.74, 6) is -0.166. The Morgan fingerprint density at radius 3 is 2.35 bits per heavy atom. The predicted molar refractivity (Wildman–Crippen MR) is 140 cm³/mol. The van der Waals surface area contributed by atoms with Crippen molar-refractivity contribution in [2.24, 2.45) is 4.99 Å². The number of hydrogen-bond acceptors (Lipinski definition) is 5. The highest BCUT2D eigenvalue weighted by atomic mass is 35.5. The molecule has 34 heavy (non-hydrogen) atoms. The number of hydrogen-bond donors (Lipinski definition) is 1. The topological polar surface area (TPSA) is 80.6 Å². The molecule has 0 aliphatic heterocycles. The van der Waals surface area contributed by atoms with Gasteiger partial charge in [0.1, 0.15) is 11.6 Å². The molecule has 1 aromatic heterocycles. The number of pyridine rings is 1. The molecule has 0 atom stereocenters. The van der Waals surface area contributed by atoms with E-state index in [1.165, 1.54) is 19.4 Å². The summed E-state index contributed by atoms with van der Waals surface area (Å²) >= 11 is 18.4. The van der Waals surface area contributed by atoms with Crippen molar-refractivity contribution in [1.29, 1.82) is 0 Å². The minimum atomic E-state index is -0.496. The Kier molecular flexibility index (Phi) is 9.62. The summed E-state index contributed by atoms with van der Waals surface area (Å²) in [4.78, 5) is 34.4. The SMILES string of the molecule is C.CN=C(C)c1ccc(C(=O)Cc2c(OC)cc(Cl)cc2C(=O)Nc2ccc(Cl)cn2)c(Cl)c1. The van der Waals surface area contributed by atoms with Crippen LogP contribution in [0.1, 0.15) is 46.2 Å². The molecule has 0 unspecified atom stereocenters. The lowest BCUT2D eigenvalue weighted by Gasteiger charge is -2.15. The van der Waals surface area contributed by atoms with E-state index in [4.69, 9.17) is 39.5 Å². The zero-order chi connectivity index (χ0) is 24.1. The molecule has 3 aromatic rings. The van der Waals surface area contributed by atoms with Gasteiger partial charge in [-0.05, 0) is 48.9 Å². The number of Topliss-reactive ketones (excluding diaryl/α,β-unsaturated/α-hetero) is 1. The molecule has 6 nitrogen and oxygen atoms in total. The lowest BCUT2D eigenvalue weighted by atomic mass is 9.96. The van der Waals surface area contributed by atoms with Gasteiger partial charge in [-0.1, -0.05) is 48.3 Å². The number of amides is 1. The van der Waals surface area contributed by atoms with E-state index in [0.717, 1.165) is 11.3 Å². The van der Waals surface area contributed by atoms with Gasteiger partial charge in [0, 0.05) is 47.1 Å². The average Bonchev–Trinajstić information content (AvgIpc) is 2.80. The van der Waals surface area contributed by atoms with E-state index in [9.17, 15) is 9.59 Å². The highest BCUT2D eigenvalue weighted by molar-refractivity contribution is 6.34. The van der Waals surface area contributed by atoms with Crippen molar-refractivity contribution in [3.05, 3.63) is 86.0 Å². The van der Waals surface area contributed by atoms with E-state index in [1.807, 2.05) is 6.92 Å². The number of rotatable bonds is 7. The van der Waals surface area contributed by atoms with Crippen LogP contribution in [0.2, 0.25) is 15.1 Å². The standard InChI is InChI=1S/C24H20Cl3N3O3.CH4/c1-13(28-2)14-4-6-17(20(27)8-14)21(31)11-18-19(9-16(26)10-22(18)33-3)24(32)30-23-7-5-15(25)12-29-23;/h4-10,12H,11H2,1-3H3,(H,29,30,32);1H4. The fourth-order valence-corrected chi connectivity index (χ4v) is 3.77. The maximum atomic E-state index is 13.1. The molecule has 0 spiro atoms. The van der Waals surface area contributed by atoms with Gasteiger partial charge < -0.3 is 10.1 Å². The lowest BCUT2D eigenvalue weighted by molar-refractivity contribution is 0.0991. The number of methoxy groups -OCH3 is 1. The van der Waals surface area contributed by atoms with E-state index in [-0.39, 0.29) is 30.2 Å². The molecule has 0 saturated heterocycles. The molecule has 0 fully saturated rings. The fourth-order valence-electron chi connectivity index (χ4n) is 3.16. The summed E-state index contributed by atoms with van der Waals surface area (Å²) in [6.07, 6.45) is 1.29. The molecule has 0 aliphatic carbocycles. The molecule has 0 saturated carbocycles. The van der Waals surface area contributed by atoms with Crippen LogP contribution in [-0.2, 0) is 6.42 Å². The number of aliphatic imine (C=N–C) groups is 1. The molecule has 3 rings (SSSR count). The van der Waals surface area contributed by atoms with Crippen molar-refractivity contribution in [2.75, 3.05) is 19.5 Å². The smallest absolute Gasteiger partial charge is 0.257 e. The molecule has 1 heterocycles. The van der Waals surface area contributed by atoms with Gasteiger partial charge in [-0.3, -0.25) is 14.6 Å². The van der Waals surface area contributed by atoms with Gasteiger partial charge in [0.05, 0.1) is 17.2 Å². The van der Waals surface area contributed by atoms with Gasteiger partial charge in [0.2, 0.25) is 0 Å². The van der Waals surface area contributed by atoms with Crippen LogP contribution in [0.5, 0.6) is 5.75 Å². The Bertz CT molecular complexity index is 1240. The van der Waals surface area contributed by atoms with Crippen LogP contribution in [0.15, 0.2) is 53.7 Å². The first-order valence-corrected chi connectivity index (χ1v) is 10.9. The van der Waals surface area contributed by atoms with Crippen molar-refractivity contribution in [3.8, 4) is 5.75 Å². The molecule has 0 aliphatic rings. The predicted octanol–water partition coefficient (Wildman–Crippen LogP) is 6.80. The number of anilines is 1. The second kappa shape index (κ2) is 12.0. The average molecular weight is 521 g/mol. The van der Waals surface area contributed by atoms with Crippen LogP contribution in [0.4, 0.5) is 5.82 Å². The minimum Gasteiger partial charge on any atom is -0.496 e. The second-order valence-corrected chi connectivity index (χ2v) is 8.33. The summed E-state index contributed by atoms with van der Waals surface area (Å²) in [7, 11) is 3.12. The fraction of sp³-hybridized carbons (Fsp3) is 0.200. The van der Waals surface area contributed by atoms with E-state index >= 15 is 0 Å². The van der Waals surface area contributed by atoms with E-state index in [1.54, 1.807) is 43.4 Å². The molecule has 1 N–H and O–H groups in total. The van der Waals surface area contributed by atoms with Crippen LogP contribution in [0, 0.1) is 0 Å². The first kappa shape index (κ1) is 27.3. The Balaban J connectivity index is 0.00000408. The van der Waals surface area contributed by atoms with Crippen LogP contribution in [0.25, 0.3) is 0 Å². The molecule has 178 valence electrons. The number of nitrogens with one attached hydrogen (secondary N) is 1. The number of ether oxygens (including phenoxy) is 1. The molecule has 2 aromatic carbocycles. The van der Waals surface area contributed by atoms with Gasteiger partial charge >= 0.3 is 0 Å². The van der Waals surface area contributed by atoms with Gasteiger partial charge in [-0.2, -0.15) is 0 Å². The third-order valence-electron chi connectivity index (χ3n) is 4.97. The van der Waals surface area contributed by atoms with Crippen molar-refractivity contribution in [1.82, 2.24) is 4.98 Å². The maximum Gasteiger partial charge on any atom is 0.257 e. The largest absolute Gasteiger partial charge is 0.496 e. The molecule has 0 radical (unpaired) electrons. The van der Waals surface area contributed by atoms with Gasteiger partial charge in [0.25, 0.3) is 5.91 Å². The summed E-state index contributed by atoms with van der Waals surface area (Å²) < 4.78 is 5.42. The number of nitrogens with zero attached hydrogens (tertiary/aromatic N) is 2. The van der Waals surface area contributed by atoms with E-state index in [2.05, 4.69) is 15.3 Å². The molecular formula is C25H24Cl3N3O3. The molecule has 9 heteroatoms. The summed E-state index contributed by atoms with van der Waals surface area (Å²) in [5.41, 5.74) is 2.51. The lowest BCUT2D eigenvalue weighted by Crippen LogP contribution is -2.18. The minimum absolute atomic E-state index is 0. The molecule has 0 bridgehead atoms. The van der Waals surface area contributed by atoms with Crippen LogP contribution < -0.4 is 10.1 Å². The number of ketones is 1. The Morgan fingerprint density at radius 1 is 1.03 bits per heavy atom. The summed E-state index contributed by atoms with van der Waals surface area (Å²) in [6, 6.07) is 11.3. The molecule has 1 amide bonds. The molecular weight excluding hydrogens is 497 g/mol. The first-order chi connectivity index (χ1) is 15.7. The van der Waals surface area contributed by atoms with Crippen molar-refractivity contribution in [3.63, 3.8) is 0 Å². The zero-order valence-corrected chi connectivity index (χ0v) is 20.3. The highest BCUT2D eigenvalue weighted by Gasteiger charge is 2.22. The third-order valence-corrected chi connectivity index (χ3v) is 5.72. The number of carbonyl (C=O) groups excluding carboxylic acids is 2. The quantitative estimate of drug-likeness (QED) is 0.274. The van der Waals surface area contributed by atoms with Crippen LogP contribution >= 0.6 is 34.8 Å². The highest BCUT2D eigenvalue weighted by Crippen LogP contribution is 2.30. The van der Waals surface area contributed by atoms with Gasteiger partial charge in [-0.15, -0.1) is 0 Å². The first-order valence-electron chi connectivity index (χ1n) is 9.79. The maximum absolute atomic E-state index is 13.1. The Labute approximate surface area is 213 Å². The van der Waals surface area contributed by atoms with Gasteiger partial charge in [0.15, 0.2) is 5.78 Å². The van der Waals surface area contributed by atoms with Crippen molar-refractivity contribution >= 4 is 58.0 Å². The number of aromatic nitrogens is 1.